The fourth-order valence-corrected chi connectivity index (χ4v) is 5.24. The minimum atomic E-state index is -4.52. The van der Waals surface area contributed by atoms with Gasteiger partial charge in [0.2, 0.25) is 5.91 Å². The summed E-state index contributed by atoms with van der Waals surface area (Å²) >= 11 is 0. The third-order valence-corrected chi connectivity index (χ3v) is 6.75. The molecule has 8 heteroatoms. The lowest BCUT2D eigenvalue weighted by molar-refractivity contribution is -0.133. The van der Waals surface area contributed by atoms with Gasteiger partial charge >= 0.3 is 6.18 Å². The van der Waals surface area contributed by atoms with Crippen LogP contribution in [0, 0.1) is 6.92 Å². The first-order valence-corrected chi connectivity index (χ1v) is 11.3. The van der Waals surface area contributed by atoms with E-state index in [1.807, 2.05) is 19.1 Å². The fourth-order valence-electron chi connectivity index (χ4n) is 3.75. The second kappa shape index (κ2) is 7.72. The summed E-state index contributed by atoms with van der Waals surface area (Å²) < 4.78 is 64.2. The molecule has 0 fully saturated rings. The van der Waals surface area contributed by atoms with E-state index in [9.17, 15) is 26.4 Å². The van der Waals surface area contributed by atoms with Crippen LogP contribution >= 0.6 is 0 Å². The average Bonchev–Trinajstić information content (AvgIpc) is 2.59. The lowest BCUT2D eigenvalue weighted by Gasteiger charge is -2.39. The van der Waals surface area contributed by atoms with Crippen LogP contribution in [0.4, 0.5) is 18.9 Å². The molecule has 0 aliphatic carbocycles. The summed E-state index contributed by atoms with van der Waals surface area (Å²) in [7, 11) is -3.48. The summed E-state index contributed by atoms with van der Waals surface area (Å²) in [6.07, 6.45) is -4.60. The Balaban J connectivity index is 1.90. The topological polar surface area (TPSA) is 54.5 Å². The number of sulfone groups is 1. The van der Waals surface area contributed by atoms with Crippen molar-refractivity contribution in [3.8, 4) is 0 Å². The lowest BCUT2D eigenvalue weighted by atomic mass is 9.76. The zero-order valence-corrected chi connectivity index (χ0v) is 17.9. The number of anilines is 1. The quantitative estimate of drug-likeness (QED) is 0.679. The van der Waals surface area contributed by atoms with Crippen LogP contribution in [-0.2, 0) is 31.6 Å². The minimum absolute atomic E-state index is 0.0738. The molecule has 1 aliphatic heterocycles. The van der Waals surface area contributed by atoms with Crippen molar-refractivity contribution in [3.63, 3.8) is 0 Å². The highest BCUT2D eigenvalue weighted by Crippen LogP contribution is 2.42. The molecule has 2 aromatic rings. The molecule has 1 amide bonds. The van der Waals surface area contributed by atoms with E-state index in [4.69, 9.17) is 0 Å². The highest BCUT2D eigenvalue weighted by molar-refractivity contribution is 7.89. The summed E-state index contributed by atoms with van der Waals surface area (Å²) in [6.45, 7) is 4.11. The van der Waals surface area contributed by atoms with E-state index in [-0.39, 0.29) is 23.6 Å². The van der Waals surface area contributed by atoms with E-state index in [2.05, 4.69) is 0 Å². The first-order valence-electron chi connectivity index (χ1n) is 9.52. The Morgan fingerprint density at radius 3 is 2.17 bits per heavy atom. The molecule has 162 valence electrons. The van der Waals surface area contributed by atoms with Gasteiger partial charge in [0.25, 0.3) is 0 Å². The van der Waals surface area contributed by atoms with Crippen molar-refractivity contribution in [2.24, 2.45) is 0 Å². The van der Waals surface area contributed by atoms with E-state index < -0.39 is 33.9 Å². The normalized spacial score (nSPS) is 16.5. The number of hydrogen-bond donors (Lipinski definition) is 0. The van der Waals surface area contributed by atoms with Crippen LogP contribution in [0.15, 0.2) is 42.5 Å². The Bertz CT molecular complexity index is 1060. The van der Waals surface area contributed by atoms with E-state index >= 15 is 0 Å². The highest BCUT2D eigenvalue weighted by Gasteiger charge is 2.41. The molecule has 3 rings (SSSR count). The van der Waals surface area contributed by atoms with Gasteiger partial charge in [-0.3, -0.25) is 4.79 Å². The van der Waals surface area contributed by atoms with E-state index in [0.717, 1.165) is 10.5 Å². The molecule has 4 nitrogen and oxygen atoms in total. The Labute approximate surface area is 174 Å². The molecule has 0 spiro atoms. The van der Waals surface area contributed by atoms with Crippen LogP contribution in [0.1, 0.15) is 42.5 Å². The Kier molecular flexibility index (Phi) is 5.75. The number of aryl methyl sites for hydroxylation is 1. The van der Waals surface area contributed by atoms with Crippen molar-refractivity contribution in [2.45, 2.75) is 50.3 Å². The molecule has 0 N–H and O–H groups in total. The van der Waals surface area contributed by atoms with Crippen LogP contribution in [0.25, 0.3) is 0 Å². The van der Waals surface area contributed by atoms with Gasteiger partial charge in [0, 0.05) is 17.5 Å². The Hall–Kier alpha value is -2.35. The minimum Gasteiger partial charge on any atom is -0.303 e. The summed E-state index contributed by atoms with van der Waals surface area (Å²) in [5, 5.41) is 0. The zero-order valence-electron chi connectivity index (χ0n) is 17.1. The number of carbonyl (C=O) groups excluding carboxylic acids is 1. The standard InChI is InChI=1S/C22H24F3NO3S/c1-15-4-6-16(7-5-15)12-30(28,29)13-17-8-9-19-18(10-17)21(2,3)11-20(27)26(19)14-22(23,24)25/h4-10H,11-14H2,1-3H3. The molecule has 0 aromatic heterocycles. The number of hydrogen-bond acceptors (Lipinski definition) is 3. The monoisotopic (exact) mass is 439 g/mol. The lowest BCUT2D eigenvalue weighted by Crippen LogP contribution is -2.46. The molecule has 0 radical (unpaired) electrons. The van der Waals surface area contributed by atoms with Gasteiger partial charge in [-0.2, -0.15) is 13.2 Å². The maximum atomic E-state index is 13.0. The van der Waals surface area contributed by atoms with Crippen LogP contribution in [-0.4, -0.2) is 27.0 Å². The molecule has 0 bridgehead atoms. The van der Waals surface area contributed by atoms with Gasteiger partial charge in [-0.05, 0) is 29.7 Å². The van der Waals surface area contributed by atoms with E-state index in [0.29, 0.717) is 16.7 Å². The molecule has 0 atom stereocenters. The maximum absolute atomic E-state index is 13.0. The van der Waals surface area contributed by atoms with Crippen LogP contribution < -0.4 is 4.90 Å². The Morgan fingerprint density at radius 1 is 1.00 bits per heavy atom. The molecule has 0 unspecified atom stereocenters. The predicted octanol–water partition coefficient (Wildman–Crippen LogP) is 4.69. The molecular formula is C22H24F3NO3S. The number of rotatable bonds is 5. The van der Waals surface area contributed by atoms with Crippen LogP contribution in [0.5, 0.6) is 0 Å². The average molecular weight is 439 g/mol. The molecule has 0 saturated heterocycles. The summed E-state index contributed by atoms with van der Waals surface area (Å²) in [5.41, 5.74) is 2.26. The van der Waals surface area contributed by atoms with Crippen LogP contribution in [0.3, 0.4) is 0 Å². The van der Waals surface area contributed by atoms with Gasteiger partial charge in [-0.15, -0.1) is 0 Å². The van der Waals surface area contributed by atoms with Gasteiger partial charge < -0.3 is 4.90 Å². The number of amides is 1. The van der Waals surface area contributed by atoms with Crippen molar-refractivity contribution in [1.29, 1.82) is 0 Å². The third-order valence-electron chi connectivity index (χ3n) is 5.21. The SMILES string of the molecule is Cc1ccc(CS(=O)(=O)Cc2ccc3c(c2)C(C)(C)CC(=O)N3CC(F)(F)F)cc1. The van der Waals surface area contributed by atoms with Gasteiger partial charge in [0.15, 0.2) is 9.84 Å². The third kappa shape index (κ3) is 5.22. The van der Waals surface area contributed by atoms with Crippen molar-refractivity contribution in [1.82, 2.24) is 0 Å². The van der Waals surface area contributed by atoms with Crippen molar-refractivity contribution in [2.75, 3.05) is 11.4 Å². The van der Waals surface area contributed by atoms with Gasteiger partial charge in [0.05, 0.1) is 11.5 Å². The van der Waals surface area contributed by atoms with E-state index in [1.54, 1.807) is 32.0 Å². The largest absolute Gasteiger partial charge is 0.406 e. The number of halogens is 3. The molecular weight excluding hydrogens is 415 g/mol. The van der Waals surface area contributed by atoms with Crippen LogP contribution in [0.2, 0.25) is 0 Å². The molecule has 2 aromatic carbocycles. The number of benzene rings is 2. The van der Waals surface area contributed by atoms with Crippen molar-refractivity contribution < 1.29 is 26.4 Å². The molecule has 30 heavy (non-hydrogen) atoms. The number of carbonyl (C=O) groups is 1. The number of nitrogens with zero attached hydrogens (tertiary/aromatic N) is 1. The van der Waals surface area contributed by atoms with Crippen molar-refractivity contribution >= 4 is 21.4 Å². The van der Waals surface area contributed by atoms with Gasteiger partial charge in [0.1, 0.15) is 6.54 Å². The number of fused-ring (bicyclic) bond motifs is 1. The summed E-state index contributed by atoms with van der Waals surface area (Å²) in [4.78, 5) is 13.1. The van der Waals surface area contributed by atoms with Crippen molar-refractivity contribution in [3.05, 3.63) is 64.7 Å². The van der Waals surface area contributed by atoms with Gasteiger partial charge in [-0.1, -0.05) is 55.8 Å². The highest BCUT2D eigenvalue weighted by atomic mass is 32.2. The Morgan fingerprint density at radius 2 is 1.57 bits per heavy atom. The zero-order chi connectivity index (χ0) is 22.3. The summed E-state index contributed by atoms with van der Waals surface area (Å²) in [5.74, 6) is -0.936. The molecule has 1 heterocycles. The molecule has 1 aliphatic rings. The summed E-state index contributed by atoms with van der Waals surface area (Å²) in [6, 6.07) is 11.8. The fraction of sp³-hybridized carbons (Fsp3) is 0.409. The molecule has 0 saturated carbocycles. The van der Waals surface area contributed by atoms with Gasteiger partial charge in [-0.25, -0.2) is 8.42 Å². The maximum Gasteiger partial charge on any atom is 0.406 e. The first-order chi connectivity index (χ1) is 13.8. The van der Waals surface area contributed by atoms with E-state index in [1.165, 1.54) is 12.1 Å². The second-order valence-corrected chi connectivity index (χ2v) is 10.6. The number of alkyl halides is 3. The first kappa shape index (κ1) is 22.3. The predicted molar refractivity (Wildman–Crippen MR) is 110 cm³/mol. The smallest absolute Gasteiger partial charge is 0.303 e. The second-order valence-electron chi connectivity index (χ2n) is 8.53.